The van der Waals surface area contributed by atoms with Gasteiger partial charge >= 0.3 is 5.97 Å². The third-order valence-corrected chi connectivity index (χ3v) is 7.73. The first-order valence-electron chi connectivity index (χ1n) is 6.02. The Kier molecular flexibility index (Phi) is 5.63. The van der Waals surface area contributed by atoms with Gasteiger partial charge in [-0.05, 0) is 40.5 Å². The number of carbonyl (C=O) groups excluding carboxylic acids is 1. The van der Waals surface area contributed by atoms with Crippen molar-refractivity contribution in [1.29, 1.82) is 0 Å². The van der Waals surface area contributed by atoms with Crippen LogP contribution in [0.15, 0.2) is 27.6 Å². The third-order valence-electron chi connectivity index (χ3n) is 2.90. The van der Waals surface area contributed by atoms with Gasteiger partial charge in [-0.1, -0.05) is 29.3 Å². The zero-order chi connectivity index (χ0) is 17.4. The van der Waals surface area contributed by atoms with Crippen molar-refractivity contribution in [3.63, 3.8) is 0 Å². The molecule has 0 aliphatic heterocycles. The quantitative estimate of drug-likeness (QED) is 0.673. The Hall–Kier alpha value is -0.800. The van der Waals surface area contributed by atoms with Crippen LogP contribution < -0.4 is 4.72 Å². The maximum absolute atomic E-state index is 12.6. The molecule has 0 fully saturated rings. The molecule has 23 heavy (non-hydrogen) atoms. The van der Waals surface area contributed by atoms with Crippen molar-refractivity contribution in [2.45, 2.75) is 11.8 Å². The molecule has 0 amide bonds. The molecule has 0 spiro atoms. The number of halogens is 3. The number of carbonyl (C=O) groups is 1. The molecular formula is C13H10BrCl2NO4S2. The Morgan fingerprint density at radius 3 is 2.48 bits per heavy atom. The van der Waals surface area contributed by atoms with E-state index >= 15 is 0 Å². The first-order chi connectivity index (χ1) is 10.7. The van der Waals surface area contributed by atoms with Crippen molar-refractivity contribution < 1.29 is 17.9 Å². The largest absolute Gasteiger partial charge is 0.465 e. The summed E-state index contributed by atoms with van der Waals surface area (Å²) in [6.07, 6.45) is 0. The molecule has 2 aromatic rings. The lowest BCUT2D eigenvalue weighted by atomic mass is 10.1. The molecule has 5 nitrogen and oxygen atoms in total. The number of hydrogen-bond donors (Lipinski definition) is 1. The molecule has 124 valence electrons. The average molecular weight is 459 g/mol. The van der Waals surface area contributed by atoms with Gasteiger partial charge in [-0.3, -0.25) is 4.72 Å². The Balaban J connectivity index is 2.47. The fourth-order valence-corrected chi connectivity index (χ4v) is 6.42. The third kappa shape index (κ3) is 3.83. The van der Waals surface area contributed by atoms with Crippen LogP contribution in [-0.4, -0.2) is 21.5 Å². The maximum Gasteiger partial charge on any atom is 0.337 e. The van der Waals surface area contributed by atoms with Gasteiger partial charge in [-0.2, -0.15) is 0 Å². The van der Waals surface area contributed by atoms with Gasteiger partial charge in [0.2, 0.25) is 0 Å². The number of methoxy groups -OCH3 is 1. The number of nitrogens with one attached hydrogen (secondary N) is 1. The van der Waals surface area contributed by atoms with Crippen molar-refractivity contribution in [2.24, 2.45) is 0 Å². The summed E-state index contributed by atoms with van der Waals surface area (Å²) in [5.74, 6) is -0.566. The lowest BCUT2D eigenvalue weighted by Crippen LogP contribution is -2.14. The number of benzene rings is 1. The van der Waals surface area contributed by atoms with Crippen molar-refractivity contribution in [3.05, 3.63) is 42.5 Å². The van der Waals surface area contributed by atoms with Gasteiger partial charge < -0.3 is 4.74 Å². The van der Waals surface area contributed by atoms with Gasteiger partial charge in [0.15, 0.2) is 0 Å². The lowest BCUT2D eigenvalue weighted by Gasteiger charge is -2.12. The zero-order valence-electron chi connectivity index (χ0n) is 11.8. The summed E-state index contributed by atoms with van der Waals surface area (Å²) in [4.78, 5) is 11.4. The maximum atomic E-state index is 12.6. The van der Waals surface area contributed by atoms with Gasteiger partial charge in [0.25, 0.3) is 10.0 Å². The standard InChI is InChI=1S/C13H10BrCl2NO4S2/c1-6-3-4-7(13(18)21-2)5-8(6)17-23(19,20)10-9(14)11(15)22-12(10)16/h3-5,17H,1-2H3. The summed E-state index contributed by atoms with van der Waals surface area (Å²) < 4.78 is 32.6. The molecule has 0 unspecified atom stereocenters. The van der Waals surface area contributed by atoms with Crippen LogP contribution in [0.25, 0.3) is 0 Å². The van der Waals surface area contributed by atoms with Crippen LogP contribution in [-0.2, 0) is 14.8 Å². The normalized spacial score (nSPS) is 11.3. The minimum Gasteiger partial charge on any atom is -0.465 e. The lowest BCUT2D eigenvalue weighted by molar-refractivity contribution is 0.0601. The predicted octanol–water partition coefficient (Wildman–Crippen LogP) is 4.71. The van der Waals surface area contributed by atoms with E-state index < -0.39 is 16.0 Å². The predicted molar refractivity (Wildman–Crippen MR) is 95.4 cm³/mol. The first-order valence-corrected chi connectivity index (χ1v) is 9.87. The number of sulfonamides is 1. The molecule has 1 aromatic heterocycles. The molecule has 1 heterocycles. The molecule has 0 saturated heterocycles. The molecule has 0 aliphatic rings. The number of anilines is 1. The number of rotatable bonds is 4. The molecule has 0 bridgehead atoms. The van der Waals surface area contributed by atoms with Crippen LogP contribution in [0.2, 0.25) is 8.67 Å². The summed E-state index contributed by atoms with van der Waals surface area (Å²) in [5, 5.41) is 0. The average Bonchev–Trinajstić information content (AvgIpc) is 2.73. The summed E-state index contributed by atoms with van der Waals surface area (Å²) in [5.41, 5.74) is 1.11. The Bertz CT molecular complexity index is 880. The highest BCUT2D eigenvalue weighted by Crippen LogP contribution is 2.43. The minimum atomic E-state index is -3.98. The van der Waals surface area contributed by atoms with Crippen LogP contribution >= 0.6 is 50.5 Å². The highest BCUT2D eigenvalue weighted by Gasteiger charge is 2.27. The van der Waals surface area contributed by atoms with Crippen LogP contribution in [0.5, 0.6) is 0 Å². The molecule has 0 atom stereocenters. The Morgan fingerprint density at radius 1 is 1.30 bits per heavy atom. The van der Waals surface area contributed by atoms with Crippen LogP contribution in [0.1, 0.15) is 15.9 Å². The summed E-state index contributed by atoms with van der Waals surface area (Å²) >= 11 is 15.9. The monoisotopic (exact) mass is 457 g/mol. The van der Waals surface area contributed by atoms with Gasteiger partial charge in [0, 0.05) is 0 Å². The van der Waals surface area contributed by atoms with E-state index in [1.807, 2.05) is 0 Å². The van der Waals surface area contributed by atoms with E-state index in [9.17, 15) is 13.2 Å². The second-order valence-electron chi connectivity index (χ2n) is 4.42. The molecular weight excluding hydrogens is 449 g/mol. The van der Waals surface area contributed by atoms with Crippen LogP contribution in [0.4, 0.5) is 5.69 Å². The fraction of sp³-hybridized carbons (Fsp3) is 0.154. The van der Waals surface area contributed by atoms with Gasteiger partial charge in [-0.25, -0.2) is 13.2 Å². The number of esters is 1. The number of hydrogen-bond acceptors (Lipinski definition) is 5. The molecule has 0 radical (unpaired) electrons. The second-order valence-corrected chi connectivity index (χ2v) is 9.06. The van der Waals surface area contributed by atoms with E-state index in [1.54, 1.807) is 19.1 Å². The minimum absolute atomic E-state index is 0.0381. The van der Waals surface area contributed by atoms with Crippen molar-refractivity contribution in [1.82, 2.24) is 0 Å². The van der Waals surface area contributed by atoms with Crippen molar-refractivity contribution >= 4 is 72.1 Å². The summed E-state index contributed by atoms with van der Waals surface area (Å²) in [7, 11) is -2.73. The summed E-state index contributed by atoms with van der Waals surface area (Å²) in [6.45, 7) is 1.70. The number of thiophene rings is 1. The van der Waals surface area contributed by atoms with Crippen molar-refractivity contribution in [3.8, 4) is 0 Å². The highest BCUT2D eigenvalue weighted by molar-refractivity contribution is 9.10. The molecule has 1 aromatic carbocycles. The van der Waals surface area contributed by atoms with Gasteiger partial charge in [-0.15, -0.1) is 11.3 Å². The first kappa shape index (κ1) is 18.5. The van der Waals surface area contributed by atoms with E-state index in [4.69, 9.17) is 23.2 Å². The van der Waals surface area contributed by atoms with Gasteiger partial charge in [0.1, 0.15) is 13.6 Å². The molecule has 0 saturated carbocycles. The number of ether oxygens (including phenoxy) is 1. The van der Waals surface area contributed by atoms with Crippen LogP contribution in [0, 0.1) is 6.92 Å². The van der Waals surface area contributed by atoms with Gasteiger partial charge in [0.05, 0.1) is 22.8 Å². The highest BCUT2D eigenvalue weighted by atomic mass is 79.9. The SMILES string of the molecule is COC(=O)c1ccc(C)c(NS(=O)(=O)c2c(Cl)sc(Cl)c2Br)c1. The molecule has 1 N–H and O–H groups in total. The Morgan fingerprint density at radius 2 is 1.96 bits per heavy atom. The topological polar surface area (TPSA) is 72.5 Å². The number of aryl methyl sites for hydroxylation is 1. The van der Waals surface area contributed by atoms with Crippen molar-refractivity contribution in [2.75, 3.05) is 11.8 Å². The molecule has 2 rings (SSSR count). The van der Waals surface area contributed by atoms with E-state index in [-0.39, 0.29) is 29.3 Å². The van der Waals surface area contributed by atoms with Crippen LogP contribution in [0.3, 0.4) is 0 Å². The Labute approximate surface area is 155 Å². The zero-order valence-corrected chi connectivity index (χ0v) is 16.5. The molecule has 0 aliphatic carbocycles. The smallest absolute Gasteiger partial charge is 0.337 e. The second kappa shape index (κ2) is 6.98. The summed E-state index contributed by atoms with van der Waals surface area (Å²) in [6, 6.07) is 4.55. The van der Waals surface area contributed by atoms with E-state index in [2.05, 4.69) is 25.4 Å². The van der Waals surface area contributed by atoms with E-state index in [1.165, 1.54) is 13.2 Å². The van der Waals surface area contributed by atoms with E-state index in [0.29, 0.717) is 5.56 Å². The molecule has 10 heteroatoms. The van der Waals surface area contributed by atoms with E-state index in [0.717, 1.165) is 11.3 Å². The fourth-order valence-electron chi connectivity index (χ4n) is 1.74.